The molecule has 1 rings (SSSR count). The van der Waals surface area contributed by atoms with E-state index in [0.717, 1.165) is 28.3 Å². The van der Waals surface area contributed by atoms with E-state index >= 15 is 0 Å². The number of anilines is 1. The first kappa shape index (κ1) is 12.3. The molecule has 86 valence electrons. The van der Waals surface area contributed by atoms with Crippen molar-refractivity contribution < 1.29 is 9.53 Å². The fraction of sp³-hybridized carbons (Fsp3) is 0.308. The molecule has 3 heteroatoms. The number of carbonyl (C=O) groups excluding carboxylic acids is 1. The number of ether oxygens (including phenoxy) is 1. The summed E-state index contributed by atoms with van der Waals surface area (Å²) < 4.78 is 5.60. The molecule has 1 amide bonds. The van der Waals surface area contributed by atoms with Crippen molar-refractivity contribution in [2.24, 2.45) is 0 Å². The number of carbonyl (C=O) groups is 1. The third kappa shape index (κ3) is 2.86. The Hall–Kier alpha value is -1.77. The Morgan fingerprint density at radius 2 is 1.88 bits per heavy atom. The lowest BCUT2D eigenvalue weighted by Gasteiger charge is -2.12. The minimum atomic E-state index is 0.688. The SMILES string of the molecule is CC=C(C)Oc1cc(C)c(NC=O)c(C)c1. The van der Waals surface area contributed by atoms with Crippen LogP contribution in [0, 0.1) is 13.8 Å². The van der Waals surface area contributed by atoms with Gasteiger partial charge in [0.15, 0.2) is 0 Å². The summed E-state index contributed by atoms with van der Waals surface area (Å²) in [5.41, 5.74) is 2.83. The molecule has 1 N–H and O–H groups in total. The van der Waals surface area contributed by atoms with Crippen molar-refractivity contribution in [3.8, 4) is 5.75 Å². The van der Waals surface area contributed by atoms with E-state index in [9.17, 15) is 4.79 Å². The van der Waals surface area contributed by atoms with E-state index in [-0.39, 0.29) is 0 Å². The summed E-state index contributed by atoms with van der Waals surface area (Å²) in [6, 6.07) is 3.82. The topological polar surface area (TPSA) is 38.3 Å². The molecule has 0 aliphatic rings. The Morgan fingerprint density at radius 1 is 1.31 bits per heavy atom. The van der Waals surface area contributed by atoms with Gasteiger partial charge >= 0.3 is 0 Å². The smallest absolute Gasteiger partial charge is 0.211 e. The van der Waals surface area contributed by atoms with Crippen LogP contribution in [-0.4, -0.2) is 6.41 Å². The maximum Gasteiger partial charge on any atom is 0.211 e. The highest BCUT2D eigenvalue weighted by Gasteiger charge is 2.05. The third-order valence-corrected chi connectivity index (χ3v) is 2.39. The van der Waals surface area contributed by atoms with Crippen LogP contribution in [-0.2, 0) is 4.79 Å². The van der Waals surface area contributed by atoms with E-state index in [1.807, 2.05) is 45.9 Å². The molecule has 3 nitrogen and oxygen atoms in total. The largest absolute Gasteiger partial charge is 0.462 e. The van der Waals surface area contributed by atoms with Crippen LogP contribution in [0.1, 0.15) is 25.0 Å². The Labute approximate surface area is 96.1 Å². The Balaban J connectivity index is 3.04. The second kappa shape index (κ2) is 5.35. The number of hydrogen-bond acceptors (Lipinski definition) is 2. The Kier molecular flexibility index (Phi) is 4.11. The average Bonchev–Trinajstić information content (AvgIpc) is 2.23. The molecule has 0 bridgehead atoms. The first-order chi connectivity index (χ1) is 7.58. The Morgan fingerprint density at radius 3 is 2.31 bits per heavy atom. The van der Waals surface area contributed by atoms with Crippen molar-refractivity contribution in [1.29, 1.82) is 0 Å². The van der Waals surface area contributed by atoms with Crippen LogP contribution < -0.4 is 10.1 Å². The van der Waals surface area contributed by atoms with Gasteiger partial charge in [0.05, 0.1) is 5.76 Å². The zero-order valence-electron chi connectivity index (χ0n) is 10.1. The molecule has 0 heterocycles. The summed E-state index contributed by atoms with van der Waals surface area (Å²) in [7, 11) is 0. The van der Waals surface area contributed by atoms with Crippen LogP contribution in [0.25, 0.3) is 0 Å². The molecule has 0 saturated carbocycles. The van der Waals surface area contributed by atoms with Gasteiger partial charge in [-0.2, -0.15) is 0 Å². The van der Waals surface area contributed by atoms with E-state index in [2.05, 4.69) is 5.32 Å². The lowest BCUT2D eigenvalue weighted by atomic mass is 10.1. The molecule has 1 aromatic rings. The summed E-state index contributed by atoms with van der Waals surface area (Å²) in [5.74, 6) is 1.65. The summed E-state index contributed by atoms with van der Waals surface area (Å²) in [4.78, 5) is 10.4. The minimum absolute atomic E-state index is 0.688. The quantitative estimate of drug-likeness (QED) is 0.624. The minimum Gasteiger partial charge on any atom is -0.462 e. The molecule has 0 atom stereocenters. The van der Waals surface area contributed by atoms with Gasteiger partial charge in [0, 0.05) is 5.69 Å². The summed E-state index contributed by atoms with van der Waals surface area (Å²) in [6.45, 7) is 7.72. The van der Waals surface area contributed by atoms with E-state index in [4.69, 9.17) is 4.74 Å². The molecule has 0 aromatic heterocycles. The van der Waals surface area contributed by atoms with Gasteiger partial charge in [0.2, 0.25) is 6.41 Å². The van der Waals surface area contributed by atoms with Crippen LogP contribution in [0.4, 0.5) is 5.69 Å². The van der Waals surface area contributed by atoms with Crippen molar-refractivity contribution in [1.82, 2.24) is 0 Å². The van der Waals surface area contributed by atoms with Crippen molar-refractivity contribution in [3.63, 3.8) is 0 Å². The highest BCUT2D eigenvalue weighted by molar-refractivity contribution is 5.76. The Bertz CT molecular complexity index is 399. The highest BCUT2D eigenvalue weighted by Crippen LogP contribution is 2.26. The molecular weight excluding hydrogens is 202 g/mol. The van der Waals surface area contributed by atoms with Crippen LogP contribution in [0.5, 0.6) is 5.75 Å². The maximum atomic E-state index is 10.4. The number of benzene rings is 1. The van der Waals surface area contributed by atoms with E-state index < -0.39 is 0 Å². The molecule has 0 spiro atoms. The molecular formula is C13H17NO2. The molecule has 16 heavy (non-hydrogen) atoms. The van der Waals surface area contributed by atoms with Crippen molar-refractivity contribution in [3.05, 3.63) is 35.1 Å². The molecule has 1 aromatic carbocycles. The number of aryl methyl sites for hydroxylation is 2. The molecule has 0 radical (unpaired) electrons. The van der Waals surface area contributed by atoms with Crippen LogP contribution in [0.2, 0.25) is 0 Å². The van der Waals surface area contributed by atoms with E-state index in [1.165, 1.54) is 0 Å². The summed E-state index contributed by atoms with van der Waals surface area (Å²) in [5, 5.41) is 2.69. The predicted molar refractivity (Wildman–Crippen MR) is 65.7 cm³/mol. The van der Waals surface area contributed by atoms with Gasteiger partial charge in [-0.05, 0) is 57.0 Å². The summed E-state index contributed by atoms with van der Waals surface area (Å²) in [6.07, 6.45) is 2.59. The number of amides is 1. The van der Waals surface area contributed by atoms with E-state index in [0.29, 0.717) is 6.41 Å². The lowest BCUT2D eigenvalue weighted by molar-refractivity contribution is -0.105. The molecule has 0 saturated heterocycles. The van der Waals surface area contributed by atoms with E-state index in [1.54, 1.807) is 0 Å². The van der Waals surface area contributed by atoms with Crippen molar-refractivity contribution in [2.45, 2.75) is 27.7 Å². The number of rotatable bonds is 4. The van der Waals surface area contributed by atoms with Crippen molar-refractivity contribution in [2.75, 3.05) is 5.32 Å². The lowest BCUT2D eigenvalue weighted by Crippen LogP contribution is -2.00. The fourth-order valence-corrected chi connectivity index (χ4v) is 1.51. The molecule has 0 unspecified atom stereocenters. The van der Waals surface area contributed by atoms with Gasteiger partial charge in [-0.15, -0.1) is 0 Å². The van der Waals surface area contributed by atoms with Gasteiger partial charge in [0.1, 0.15) is 5.75 Å². The maximum absolute atomic E-state index is 10.4. The normalized spacial score (nSPS) is 11.1. The number of hydrogen-bond donors (Lipinski definition) is 1. The van der Waals surface area contributed by atoms with Crippen LogP contribution in [0.15, 0.2) is 24.0 Å². The van der Waals surface area contributed by atoms with Gasteiger partial charge in [-0.3, -0.25) is 4.79 Å². The van der Waals surface area contributed by atoms with Gasteiger partial charge in [-0.1, -0.05) is 0 Å². The standard InChI is InChI=1S/C13H17NO2/c1-5-11(4)16-12-6-9(2)13(14-8-15)10(3)7-12/h5-8H,1-4H3,(H,14,15). The monoisotopic (exact) mass is 219 g/mol. The fourth-order valence-electron chi connectivity index (χ4n) is 1.51. The number of allylic oxidation sites excluding steroid dienone is 2. The van der Waals surface area contributed by atoms with Gasteiger partial charge in [0.25, 0.3) is 0 Å². The van der Waals surface area contributed by atoms with Crippen LogP contribution in [0.3, 0.4) is 0 Å². The van der Waals surface area contributed by atoms with Crippen molar-refractivity contribution >= 4 is 12.1 Å². The zero-order valence-corrected chi connectivity index (χ0v) is 10.1. The third-order valence-electron chi connectivity index (χ3n) is 2.39. The van der Waals surface area contributed by atoms with Crippen LogP contribution >= 0.6 is 0 Å². The first-order valence-corrected chi connectivity index (χ1v) is 5.20. The zero-order chi connectivity index (χ0) is 12.1. The number of nitrogens with one attached hydrogen (secondary N) is 1. The predicted octanol–water partition coefficient (Wildman–Crippen LogP) is 3.17. The highest BCUT2D eigenvalue weighted by atomic mass is 16.5. The van der Waals surface area contributed by atoms with Gasteiger partial charge < -0.3 is 10.1 Å². The average molecular weight is 219 g/mol. The molecule has 0 aliphatic heterocycles. The second-order valence-electron chi connectivity index (χ2n) is 3.70. The molecule has 0 fully saturated rings. The summed E-state index contributed by atoms with van der Waals surface area (Å²) >= 11 is 0. The van der Waals surface area contributed by atoms with Gasteiger partial charge in [-0.25, -0.2) is 0 Å². The molecule has 0 aliphatic carbocycles. The first-order valence-electron chi connectivity index (χ1n) is 5.20. The second-order valence-corrected chi connectivity index (χ2v) is 3.70.